The normalized spacial score (nSPS) is 10.1. The molecule has 18 heavy (non-hydrogen) atoms. The number of thioether (sulfide) groups is 1. The molecule has 0 fully saturated rings. The van der Waals surface area contributed by atoms with Crippen molar-refractivity contribution in [1.82, 2.24) is 9.97 Å². The quantitative estimate of drug-likeness (QED) is 0.624. The van der Waals surface area contributed by atoms with Gasteiger partial charge in [0.1, 0.15) is 23.0 Å². The summed E-state index contributed by atoms with van der Waals surface area (Å²) < 4.78 is 0. The third-order valence-corrected chi connectivity index (χ3v) is 3.53. The molecule has 0 saturated carbocycles. The van der Waals surface area contributed by atoms with Crippen molar-refractivity contribution in [2.75, 3.05) is 0 Å². The molecule has 0 spiro atoms. The third-order valence-electron chi connectivity index (χ3n) is 2.45. The van der Waals surface area contributed by atoms with Gasteiger partial charge in [0, 0.05) is 11.9 Å². The predicted molar refractivity (Wildman–Crippen MR) is 72.2 cm³/mol. The summed E-state index contributed by atoms with van der Waals surface area (Å²) in [6.07, 6.45) is 3.03. The van der Waals surface area contributed by atoms with Crippen molar-refractivity contribution in [2.45, 2.75) is 24.6 Å². The molecule has 3 nitrogen and oxygen atoms in total. The van der Waals surface area contributed by atoms with E-state index in [1.54, 1.807) is 18.0 Å². The first-order valence-electron chi connectivity index (χ1n) is 5.59. The van der Waals surface area contributed by atoms with Crippen molar-refractivity contribution in [3.05, 3.63) is 53.0 Å². The lowest BCUT2D eigenvalue weighted by Crippen LogP contribution is -1.90. The Kier molecular flexibility index (Phi) is 3.96. The van der Waals surface area contributed by atoms with Crippen molar-refractivity contribution >= 4 is 11.8 Å². The summed E-state index contributed by atoms with van der Waals surface area (Å²) in [5, 5.41) is 9.70. The second-order valence-corrected chi connectivity index (χ2v) is 5.10. The van der Waals surface area contributed by atoms with Crippen LogP contribution in [0.2, 0.25) is 0 Å². The lowest BCUT2D eigenvalue weighted by molar-refractivity contribution is 1.03. The van der Waals surface area contributed by atoms with Crippen LogP contribution in [0.4, 0.5) is 0 Å². The number of aryl methyl sites for hydroxylation is 2. The molecule has 0 aliphatic carbocycles. The summed E-state index contributed by atoms with van der Waals surface area (Å²) in [5.74, 6) is 0.814. The maximum atomic E-state index is 8.96. The van der Waals surface area contributed by atoms with Crippen molar-refractivity contribution in [3.8, 4) is 6.07 Å². The summed E-state index contributed by atoms with van der Waals surface area (Å²) in [4.78, 5) is 7.99. The highest BCUT2D eigenvalue weighted by Gasteiger charge is 2.05. The molecule has 0 aliphatic heterocycles. The minimum atomic E-state index is 0.534. The lowest BCUT2D eigenvalue weighted by atomic mass is 10.1. The molecule has 4 heteroatoms. The van der Waals surface area contributed by atoms with Gasteiger partial charge in [0.2, 0.25) is 0 Å². The Morgan fingerprint density at radius 3 is 2.61 bits per heavy atom. The van der Waals surface area contributed by atoms with Crippen molar-refractivity contribution in [2.24, 2.45) is 0 Å². The highest BCUT2D eigenvalue weighted by molar-refractivity contribution is 7.98. The molecule has 1 aromatic heterocycles. The second kappa shape index (κ2) is 5.65. The summed E-state index contributed by atoms with van der Waals surface area (Å²) in [7, 11) is 0. The smallest absolute Gasteiger partial charge is 0.118 e. The van der Waals surface area contributed by atoms with E-state index >= 15 is 0 Å². The topological polar surface area (TPSA) is 49.6 Å². The van der Waals surface area contributed by atoms with E-state index in [-0.39, 0.29) is 0 Å². The number of benzene rings is 1. The molecule has 1 aromatic carbocycles. The van der Waals surface area contributed by atoms with Gasteiger partial charge in [0.25, 0.3) is 0 Å². The molecule has 0 N–H and O–H groups in total. The van der Waals surface area contributed by atoms with Gasteiger partial charge in [-0.15, -0.1) is 11.8 Å². The van der Waals surface area contributed by atoms with Crippen LogP contribution in [-0.2, 0) is 5.75 Å². The number of nitrogens with zero attached hydrogens (tertiary/aromatic N) is 3. The Hall–Kier alpha value is -1.86. The monoisotopic (exact) mass is 255 g/mol. The van der Waals surface area contributed by atoms with Crippen LogP contribution in [0.5, 0.6) is 0 Å². The van der Waals surface area contributed by atoms with Gasteiger partial charge in [-0.2, -0.15) is 5.26 Å². The molecular formula is C14H13N3S. The van der Waals surface area contributed by atoms with Gasteiger partial charge in [-0.3, -0.25) is 0 Å². The van der Waals surface area contributed by atoms with E-state index < -0.39 is 0 Å². The van der Waals surface area contributed by atoms with E-state index in [1.165, 1.54) is 23.0 Å². The molecule has 0 bridgehead atoms. The first-order chi connectivity index (χ1) is 8.69. The van der Waals surface area contributed by atoms with Crippen molar-refractivity contribution in [1.29, 1.82) is 5.26 Å². The number of aromatic nitrogens is 2. The Morgan fingerprint density at radius 1 is 1.22 bits per heavy atom. The molecule has 0 radical (unpaired) electrons. The zero-order chi connectivity index (χ0) is 13.0. The maximum Gasteiger partial charge on any atom is 0.118 e. The molecular weight excluding hydrogens is 242 g/mol. The van der Waals surface area contributed by atoms with Crippen LogP contribution >= 0.6 is 11.8 Å². The highest BCUT2D eigenvalue weighted by atomic mass is 32.2. The fourth-order valence-electron chi connectivity index (χ4n) is 1.81. The van der Waals surface area contributed by atoms with E-state index in [4.69, 9.17) is 5.26 Å². The number of nitriles is 1. The van der Waals surface area contributed by atoms with Crippen LogP contribution in [0.1, 0.15) is 22.3 Å². The van der Waals surface area contributed by atoms with Crippen LogP contribution in [-0.4, -0.2) is 9.97 Å². The van der Waals surface area contributed by atoms with Gasteiger partial charge >= 0.3 is 0 Å². The summed E-state index contributed by atoms with van der Waals surface area (Å²) in [5.41, 5.74) is 4.30. The highest BCUT2D eigenvalue weighted by Crippen LogP contribution is 2.24. The fraction of sp³-hybridized carbons (Fsp3) is 0.214. The predicted octanol–water partition coefficient (Wildman–Crippen LogP) is 3.26. The van der Waals surface area contributed by atoms with Gasteiger partial charge in [0.15, 0.2) is 0 Å². The van der Waals surface area contributed by atoms with E-state index in [2.05, 4.69) is 48.1 Å². The molecule has 0 aliphatic rings. The van der Waals surface area contributed by atoms with Crippen LogP contribution in [0.3, 0.4) is 0 Å². The number of hydrogen-bond acceptors (Lipinski definition) is 4. The van der Waals surface area contributed by atoms with Crippen molar-refractivity contribution in [3.63, 3.8) is 0 Å². The molecule has 0 amide bonds. The van der Waals surface area contributed by atoms with Crippen LogP contribution in [0, 0.1) is 25.2 Å². The van der Waals surface area contributed by atoms with Crippen LogP contribution in [0.25, 0.3) is 0 Å². The molecule has 2 rings (SSSR count). The SMILES string of the molecule is Cc1cc(C)cc(CSc2ncncc2C#N)c1. The minimum absolute atomic E-state index is 0.534. The van der Waals surface area contributed by atoms with Gasteiger partial charge in [-0.1, -0.05) is 29.3 Å². The summed E-state index contributed by atoms with van der Waals surface area (Å²) in [6.45, 7) is 4.18. The first kappa shape index (κ1) is 12.6. The van der Waals surface area contributed by atoms with Crippen molar-refractivity contribution < 1.29 is 0 Å². The largest absolute Gasteiger partial charge is 0.243 e. The molecule has 2 aromatic rings. The van der Waals surface area contributed by atoms with Gasteiger partial charge in [-0.05, 0) is 19.4 Å². The zero-order valence-corrected chi connectivity index (χ0v) is 11.2. The van der Waals surface area contributed by atoms with E-state index in [9.17, 15) is 0 Å². The Balaban J connectivity index is 2.14. The van der Waals surface area contributed by atoms with Gasteiger partial charge < -0.3 is 0 Å². The molecule has 90 valence electrons. The number of rotatable bonds is 3. The fourth-order valence-corrected chi connectivity index (χ4v) is 2.66. The summed E-state index contributed by atoms with van der Waals surface area (Å²) >= 11 is 1.57. The van der Waals surface area contributed by atoms with E-state index in [1.807, 2.05) is 0 Å². The Morgan fingerprint density at radius 2 is 1.94 bits per heavy atom. The first-order valence-corrected chi connectivity index (χ1v) is 6.57. The minimum Gasteiger partial charge on any atom is -0.243 e. The second-order valence-electron chi connectivity index (χ2n) is 4.14. The molecule has 0 atom stereocenters. The average molecular weight is 255 g/mol. The molecule has 0 saturated heterocycles. The Bertz CT molecular complexity index is 582. The standard InChI is InChI=1S/C14H13N3S/c1-10-3-11(2)5-12(4-10)8-18-14-13(6-15)7-16-9-17-14/h3-5,7,9H,8H2,1-2H3. The Labute approximate surface area is 111 Å². The van der Waals surface area contributed by atoms with E-state index in [0.29, 0.717) is 5.56 Å². The van der Waals surface area contributed by atoms with Crippen LogP contribution in [0.15, 0.2) is 35.7 Å². The van der Waals surface area contributed by atoms with Crippen LogP contribution < -0.4 is 0 Å². The lowest BCUT2D eigenvalue weighted by Gasteiger charge is -2.05. The third kappa shape index (κ3) is 3.08. The van der Waals surface area contributed by atoms with Gasteiger partial charge in [-0.25, -0.2) is 9.97 Å². The maximum absolute atomic E-state index is 8.96. The van der Waals surface area contributed by atoms with Gasteiger partial charge in [0.05, 0.1) is 0 Å². The number of hydrogen-bond donors (Lipinski definition) is 0. The molecule has 0 unspecified atom stereocenters. The average Bonchev–Trinajstić information content (AvgIpc) is 2.35. The summed E-state index contributed by atoms with van der Waals surface area (Å²) in [6, 6.07) is 8.58. The zero-order valence-electron chi connectivity index (χ0n) is 10.3. The van der Waals surface area contributed by atoms with E-state index in [0.717, 1.165) is 10.8 Å². The molecule has 1 heterocycles.